The molecule has 0 aliphatic heterocycles. The number of hydrogen-bond acceptors (Lipinski definition) is 3. The Kier molecular flexibility index (Phi) is 2.70. The van der Waals surface area contributed by atoms with E-state index < -0.39 is 0 Å². The minimum absolute atomic E-state index is 0.688. The van der Waals surface area contributed by atoms with E-state index in [9.17, 15) is 0 Å². The average molecular weight is 245 g/mol. The van der Waals surface area contributed by atoms with E-state index in [1.165, 1.54) is 24.1 Å². The fraction of sp³-hybridized carbons (Fsp3) is 0.538. The van der Waals surface area contributed by atoms with Crippen LogP contribution < -0.4 is 5.32 Å². The van der Waals surface area contributed by atoms with Gasteiger partial charge in [-0.15, -0.1) is 0 Å². The predicted octanol–water partition coefficient (Wildman–Crippen LogP) is 1.51. The number of aryl methyl sites for hydroxylation is 2. The molecule has 0 spiro atoms. The maximum atomic E-state index is 4.69. The van der Waals surface area contributed by atoms with Gasteiger partial charge >= 0.3 is 0 Å². The molecule has 1 aliphatic rings. The largest absolute Gasteiger partial charge is 0.315 e. The van der Waals surface area contributed by atoms with Crippen LogP contribution in [0.25, 0.3) is 5.82 Å². The average Bonchev–Trinajstić information content (AvgIpc) is 3.01. The van der Waals surface area contributed by atoms with Gasteiger partial charge in [0.05, 0.1) is 11.4 Å². The van der Waals surface area contributed by atoms with E-state index in [1.807, 2.05) is 36.6 Å². The molecule has 5 nitrogen and oxygen atoms in total. The Morgan fingerprint density at radius 2 is 2.17 bits per heavy atom. The summed E-state index contributed by atoms with van der Waals surface area (Å²) in [6.07, 6.45) is 4.61. The number of nitrogens with zero attached hydrogens (tertiary/aromatic N) is 4. The van der Waals surface area contributed by atoms with Crippen LogP contribution in [0, 0.1) is 6.92 Å². The highest BCUT2D eigenvalue weighted by Crippen LogP contribution is 2.39. The summed E-state index contributed by atoms with van der Waals surface area (Å²) in [6.45, 7) is 2.86. The molecule has 2 aromatic rings. The SMILES string of the molecule is CNCc1c(C)nn(C)c1-n1ccc(C2CC2)n1. The molecular formula is C13H19N5. The van der Waals surface area contributed by atoms with Crippen LogP contribution in [0.4, 0.5) is 0 Å². The van der Waals surface area contributed by atoms with Crippen molar-refractivity contribution in [2.75, 3.05) is 7.05 Å². The molecule has 0 bridgehead atoms. The third kappa shape index (κ3) is 1.84. The highest BCUT2D eigenvalue weighted by atomic mass is 15.4. The van der Waals surface area contributed by atoms with Gasteiger partial charge < -0.3 is 5.32 Å². The van der Waals surface area contributed by atoms with E-state index in [4.69, 9.17) is 0 Å². The van der Waals surface area contributed by atoms with Gasteiger partial charge in [0, 0.05) is 31.3 Å². The summed E-state index contributed by atoms with van der Waals surface area (Å²) in [7, 11) is 3.93. The zero-order chi connectivity index (χ0) is 12.7. The van der Waals surface area contributed by atoms with Crippen molar-refractivity contribution in [1.29, 1.82) is 0 Å². The molecule has 96 valence electrons. The van der Waals surface area contributed by atoms with Gasteiger partial charge in [0.2, 0.25) is 0 Å². The number of aromatic nitrogens is 4. The molecule has 2 aromatic heterocycles. The summed E-state index contributed by atoms with van der Waals surface area (Å²) < 4.78 is 3.87. The standard InChI is InChI=1S/C13H19N5/c1-9-11(8-14-2)13(17(3)15-9)18-7-6-12(16-18)10-4-5-10/h6-7,10,14H,4-5,8H2,1-3H3. The molecule has 0 radical (unpaired) electrons. The Bertz CT molecular complexity index is 562. The smallest absolute Gasteiger partial charge is 0.156 e. The van der Waals surface area contributed by atoms with Crippen LogP contribution in [0.1, 0.15) is 35.7 Å². The van der Waals surface area contributed by atoms with Gasteiger partial charge in [0.1, 0.15) is 0 Å². The molecule has 1 N–H and O–H groups in total. The number of rotatable bonds is 4. The quantitative estimate of drug-likeness (QED) is 0.888. The molecule has 0 atom stereocenters. The number of hydrogen-bond donors (Lipinski definition) is 1. The molecule has 1 aliphatic carbocycles. The second kappa shape index (κ2) is 4.24. The lowest BCUT2D eigenvalue weighted by atomic mass is 10.2. The minimum Gasteiger partial charge on any atom is -0.315 e. The van der Waals surface area contributed by atoms with E-state index in [0.717, 1.165) is 18.1 Å². The van der Waals surface area contributed by atoms with E-state index in [-0.39, 0.29) is 0 Å². The zero-order valence-corrected chi connectivity index (χ0v) is 11.1. The first-order chi connectivity index (χ1) is 8.70. The van der Waals surface area contributed by atoms with E-state index in [2.05, 4.69) is 21.6 Å². The van der Waals surface area contributed by atoms with Crippen molar-refractivity contribution in [3.63, 3.8) is 0 Å². The zero-order valence-electron chi connectivity index (χ0n) is 11.1. The van der Waals surface area contributed by atoms with Gasteiger partial charge in [-0.1, -0.05) is 0 Å². The Balaban J connectivity index is 2.03. The molecular weight excluding hydrogens is 226 g/mol. The van der Waals surface area contributed by atoms with Crippen molar-refractivity contribution in [2.45, 2.75) is 32.2 Å². The highest BCUT2D eigenvalue weighted by Gasteiger charge is 2.26. The lowest BCUT2D eigenvalue weighted by molar-refractivity contribution is 0.681. The van der Waals surface area contributed by atoms with Crippen molar-refractivity contribution < 1.29 is 0 Å². The van der Waals surface area contributed by atoms with Gasteiger partial charge in [-0.2, -0.15) is 10.2 Å². The second-order valence-corrected chi connectivity index (χ2v) is 5.00. The van der Waals surface area contributed by atoms with Crippen LogP contribution in [0.5, 0.6) is 0 Å². The highest BCUT2D eigenvalue weighted by molar-refractivity contribution is 5.37. The van der Waals surface area contributed by atoms with Crippen molar-refractivity contribution in [3.05, 3.63) is 29.2 Å². The third-order valence-corrected chi connectivity index (χ3v) is 3.49. The normalized spacial score (nSPS) is 15.3. The third-order valence-electron chi connectivity index (χ3n) is 3.49. The fourth-order valence-corrected chi connectivity index (χ4v) is 2.41. The topological polar surface area (TPSA) is 47.7 Å². The molecule has 5 heteroatoms. The van der Waals surface area contributed by atoms with Gasteiger partial charge in [-0.25, -0.2) is 4.68 Å². The fourth-order valence-electron chi connectivity index (χ4n) is 2.41. The van der Waals surface area contributed by atoms with Crippen molar-refractivity contribution >= 4 is 0 Å². The monoisotopic (exact) mass is 245 g/mol. The first-order valence-electron chi connectivity index (χ1n) is 6.43. The summed E-state index contributed by atoms with van der Waals surface area (Å²) in [5, 5.41) is 12.4. The molecule has 18 heavy (non-hydrogen) atoms. The maximum absolute atomic E-state index is 4.69. The predicted molar refractivity (Wildman–Crippen MR) is 69.8 cm³/mol. The maximum Gasteiger partial charge on any atom is 0.156 e. The van der Waals surface area contributed by atoms with Gasteiger partial charge in [-0.05, 0) is 32.9 Å². The van der Waals surface area contributed by atoms with Crippen LogP contribution in [-0.4, -0.2) is 26.6 Å². The van der Waals surface area contributed by atoms with Gasteiger partial charge in [0.15, 0.2) is 5.82 Å². The first kappa shape index (κ1) is 11.5. The summed E-state index contributed by atoms with van der Waals surface area (Å²) in [5.41, 5.74) is 3.49. The van der Waals surface area contributed by atoms with Crippen LogP contribution >= 0.6 is 0 Å². The van der Waals surface area contributed by atoms with E-state index in [0.29, 0.717) is 5.92 Å². The first-order valence-corrected chi connectivity index (χ1v) is 6.43. The lowest BCUT2D eigenvalue weighted by Crippen LogP contribution is -2.11. The molecule has 0 amide bonds. The minimum atomic E-state index is 0.688. The molecule has 1 saturated carbocycles. The Labute approximate surface area is 107 Å². The van der Waals surface area contributed by atoms with Gasteiger partial charge in [-0.3, -0.25) is 4.68 Å². The summed E-state index contributed by atoms with van der Waals surface area (Å²) in [6, 6.07) is 2.13. The van der Waals surface area contributed by atoms with Crippen LogP contribution in [0.15, 0.2) is 12.3 Å². The molecule has 0 aromatic carbocycles. The van der Waals surface area contributed by atoms with Crippen LogP contribution in [0.2, 0.25) is 0 Å². The van der Waals surface area contributed by atoms with Crippen LogP contribution in [-0.2, 0) is 13.6 Å². The molecule has 2 heterocycles. The Hall–Kier alpha value is -1.62. The van der Waals surface area contributed by atoms with Gasteiger partial charge in [0.25, 0.3) is 0 Å². The Morgan fingerprint density at radius 1 is 1.39 bits per heavy atom. The number of nitrogens with one attached hydrogen (secondary N) is 1. The van der Waals surface area contributed by atoms with E-state index >= 15 is 0 Å². The lowest BCUT2D eigenvalue weighted by Gasteiger charge is -2.06. The molecule has 0 unspecified atom stereocenters. The van der Waals surface area contributed by atoms with E-state index in [1.54, 1.807) is 0 Å². The van der Waals surface area contributed by atoms with Crippen molar-refractivity contribution in [2.24, 2.45) is 7.05 Å². The molecule has 3 rings (SSSR count). The summed E-state index contributed by atoms with van der Waals surface area (Å²) in [4.78, 5) is 0. The van der Waals surface area contributed by atoms with Crippen molar-refractivity contribution in [1.82, 2.24) is 24.9 Å². The summed E-state index contributed by atoms with van der Waals surface area (Å²) in [5.74, 6) is 1.75. The summed E-state index contributed by atoms with van der Waals surface area (Å²) >= 11 is 0. The Morgan fingerprint density at radius 3 is 2.83 bits per heavy atom. The van der Waals surface area contributed by atoms with Crippen molar-refractivity contribution in [3.8, 4) is 5.82 Å². The second-order valence-electron chi connectivity index (χ2n) is 5.00. The van der Waals surface area contributed by atoms with Crippen LogP contribution in [0.3, 0.4) is 0 Å². The molecule has 0 saturated heterocycles. The molecule has 1 fully saturated rings.